The van der Waals surface area contributed by atoms with E-state index >= 15 is 0 Å². The van der Waals surface area contributed by atoms with Gasteiger partial charge in [0.1, 0.15) is 23.9 Å². The Morgan fingerprint density at radius 2 is 2.06 bits per heavy atom. The molecule has 1 aromatic carbocycles. The van der Waals surface area contributed by atoms with Crippen molar-refractivity contribution in [2.24, 2.45) is 0 Å². The van der Waals surface area contributed by atoms with E-state index in [2.05, 4.69) is 0 Å². The number of anilines is 1. The lowest BCUT2D eigenvalue weighted by molar-refractivity contribution is -0.128. The molecule has 18 heavy (non-hydrogen) atoms. The van der Waals surface area contributed by atoms with E-state index in [-0.39, 0.29) is 5.69 Å². The van der Waals surface area contributed by atoms with Crippen LogP contribution in [-0.4, -0.2) is 17.8 Å². The fraction of sp³-hybridized carbons (Fsp3) is 0.0909. The molecule has 0 bridgehead atoms. The first-order chi connectivity index (χ1) is 8.54. The lowest BCUT2D eigenvalue weighted by Crippen LogP contribution is -2.53. The van der Waals surface area contributed by atoms with E-state index in [9.17, 15) is 18.8 Å². The third-order valence-electron chi connectivity index (χ3n) is 2.35. The van der Waals surface area contributed by atoms with E-state index in [0.717, 1.165) is 6.07 Å². The Morgan fingerprint density at radius 1 is 1.33 bits per heavy atom. The molecule has 0 atom stereocenters. The minimum Gasteiger partial charge on any atom is -0.277 e. The predicted molar refractivity (Wildman–Crippen MR) is 56.8 cm³/mol. The third-order valence-corrected chi connectivity index (χ3v) is 2.35. The number of carbonyl (C=O) groups is 3. The average molecular weight is 247 g/mol. The van der Waals surface area contributed by atoms with Gasteiger partial charge in [0.15, 0.2) is 0 Å². The maximum absolute atomic E-state index is 13.4. The molecule has 0 aromatic heterocycles. The van der Waals surface area contributed by atoms with Crippen LogP contribution in [0, 0.1) is 17.1 Å². The highest BCUT2D eigenvalue weighted by atomic mass is 19.1. The van der Waals surface area contributed by atoms with E-state index in [1.807, 2.05) is 5.32 Å². The molecule has 0 saturated carbocycles. The molecule has 2 rings (SSSR count). The number of nitriles is 1. The largest absolute Gasteiger partial charge is 0.335 e. The molecule has 4 amide bonds. The summed E-state index contributed by atoms with van der Waals surface area (Å²) in [5.74, 6) is -2.37. The molecule has 0 aliphatic carbocycles. The quantitative estimate of drug-likeness (QED) is 0.738. The van der Waals surface area contributed by atoms with Gasteiger partial charge in [-0.3, -0.25) is 14.9 Å². The Balaban J connectivity index is 2.52. The van der Waals surface area contributed by atoms with Crippen molar-refractivity contribution in [3.05, 3.63) is 29.6 Å². The Hall–Kier alpha value is -2.75. The number of benzene rings is 1. The number of barbiturate groups is 1. The fourth-order valence-corrected chi connectivity index (χ4v) is 1.60. The van der Waals surface area contributed by atoms with Gasteiger partial charge in [0.05, 0.1) is 5.69 Å². The van der Waals surface area contributed by atoms with Gasteiger partial charge >= 0.3 is 6.03 Å². The molecule has 0 spiro atoms. The van der Waals surface area contributed by atoms with E-state index in [1.165, 1.54) is 12.1 Å². The van der Waals surface area contributed by atoms with Gasteiger partial charge < -0.3 is 0 Å². The van der Waals surface area contributed by atoms with Gasteiger partial charge in [-0.05, 0) is 12.1 Å². The van der Waals surface area contributed by atoms with Gasteiger partial charge in [-0.2, -0.15) is 5.26 Å². The second-order valence-corrected chi connectivity index (χ2v) is 3.51. The maximum Gasteiger partial charge on any atom is 0.335 e. The number of imide groups is 2. The van der Waals surface area contributed by atoms with Gasteiger partial charge in [-0.15, -0.1) is 0 Å². The number of nitrogens with zero attached hydrogens (tertiary/aromatic N) is 2. The molecule has 1 aromatic rings. The minimum absolute atomic E-state index is 0.174. The lowest BCUT2D eigenvalue weighted by Gasteiger charge is -2.25. The number of hydrogen-bond donors (Lipinski definition) is 1. The summed E-state index contributed by atoms with van der Waals surface area (Å²) in [7, 11) is 0. The minimum atomic E-state index is -0.988. The van der Waals surface area contributed by atoms with Gasteiger partial charge in [-0.1, -0.05) is 6.07 Å². The van der Waals surface area contributed by atoms with Crippen LogP contribution in [0.1, 0.15) is 12.0 Å². The Morgan fingerprint density at radius 3 is 2.67 bits per heavy atom. The van der Waals surface area contributed by atoms with Gasteiger partial charge in [0.25, 0.3) is 0 Å². The molecule has 0 unspecified atom stereocenters. The summed E-state index contributed by atoms with van der Waals surface area (Å²) < 4.78 is 13.4. The van der Waals surface area contributed by atoms with Crippen LogP contribution in [0.5, 0.6) is 0 Å². The van der Waals surface area contributed by atoms with E-state index in [0.29, 0.717) is 4.90 Å². The van der Waals surface area contributed by atoms with Crippen LogP contribution in [0.3, 0.4) is 0 Å². The molecule has 1 N–H and O–H groups in total. The molecule has 1 aliphatic rings. The number of carbonyl (C=O) groups excluding carboxylic acids is 3. The molecule has 1 fully saturated rings. The van der Waals surface area contributed by atoms with Crippen molar-refractivity contribution in [3.63, 3.8) is 0 Å². The summed E-state index contributed by atoms with van der Waals surface area (Å²) in [6.45, 7) is 0. The zero-order valence-corrected chi connectivity index (χ0v) is 8.94. The zero-order chi connectivity index (χ0) is 13.3. The van der Waals surface area contributed by atoms with Gasteiger partial charge in [0, 0.05) is 0 Å². The van der Waals surface area contributed by atoms with Crippen molar-refractivity contribution in [2.75, 3.05) is 4.90 Å². The second kappa shape index (κ2) is 4.25. The molecule has 6 nitrogen and oxygen atoms in total. The van der Waals surface area contributed by atoms with Crippen molar-refractivity contribution >= 4 is 23.5 Å². The van der Waals surface area contributed by atoms with Crippen LogP contribution < -0.4 is 10.2 Å². The average Bonchev–Trinajstić information content (AvgIpc) is 2.27. The van der Waals surface area contributed by atoms with Crippen molar-refractivity contribution in [1.29, 1.82) is 5.26 Å². The van der Waals surface area contributed by atoms with Crippen molar-refractivity contribution in [3.8, 4) is 6.07 Å². The monoisotopic (exact) mass is 247 g/mol. The first-order valence-corrected chi connectivity index (χ1v) is 4.90. The van der Waals surface area contributed by atoms with Crippen LogP contribution in [0.25, 0.3) is 0 Å². The first kappa shape index (κ1) is 11.7. The molecule has 0 radical (unpaired) electrons. The van der Waals surface area contributed by atoms with E-state index < -0.39 is 35.6 Å². The molecular formula is C11H6FN3O3. The van der Waals surface area contributed by atoms with Crippen molar-refractivity contribution in [1.82, 2.24) is 5.32 Å². The summed E-state index contributed by atoms with van der Waals surface area (Å²) in [5, 5.41) is 10.8. The summed E-state index contributed by atoms with van der Waals surface area (Å²) in [6, 6.07) is 4.16. The number of urea groups is 1. The summed E-state index contributed by atoms with van der Waals surface area (Å²) in [4.78, 5) is 34.7. The van der Waals surface area contributed by atoms with Crippen LogP contribution in [0.15, 0.2) is 18.2 Å². The molecule has 7 heteroatoms. The number of amides is 4. The van der Waals surface area contributed by atoms with Gasteiger partial charge in [-0.25, -0.2) is 14.1 Å². The fourth-order valence-electron chi connectivity index (χ4n) is 1.60. The normalized spacial score (nSPS) is 15.3. The number of hydrogen-bond acceptors (Lipinski definition) is 4. The summed E-state index contributed by atoms with van der Waals surface area (Å²) in [5.41, 5.74) is -0.595. The number of rotatable bonds is 1. The van der Waals surface area contributed by atoms with E-state index in [1.54, 1.807) is 6.07 Å². The highest BCUT2D eigenvalue weighted by Crippen LogP contribution is 2.24. The smallest absolute Gasteiger partial charge is 0.277 e. The number of halogens is 1. The molecule has 1 heterocycles. The van der Waals surface area contributed by atoms with Crippen LogP contribution in [0.2, 0.25) is 0 Å². The molecular weight excluding hydrogens is 241 g/mol. The standard InChI is InChI=1S/C11H6FN3O3/c12-7-2-1-3-8(6(7)5-13)15-10(17)4-9(16)14-11(15)18/h1-3H,4H2,(H,14,16,18). The van der Waals surface area contributed by atoms with Gasteiger partial charge in [0.2, 0.25) is 11.8 Å². The van der Waals surface area contributed by atoms with Crippen LogP contribution in [0.4, 0.5) is 14.9 Å². The van der Waals surface area contributed by atoms with Crippen LogP contribution in [-0.2, 0) is 9.59 Å². The van der Waals surface area contributed by atoms with Crippen LogP contribution >= 0.6 is 0 Å². The highest BCUT2D eigenvalue weighted by molar-refractivity contribution is 6.26. The van der Waals surface area contributed by atoms with Crippen molar-refractivity contribution < 1.29 is 18.8 Å². The Bertz CT molecular complexity index is 586. The molecule has 1 aliphatic heterocycles. The zero-order valence-electron chi connectivity index (χ0n) is 8.94. The Kier molecular flexibility index (Phi) is 2.77. The van der Waals surface area contributed by atoms with E-state index in [4.69, 9.17) is 5.26 Å². The molecule has 1 saturated heterocycles. The summed E-state index contributed by atoms with van der Waals surface area (Å²) in [6.07, 6.45) is -0.521. The topological polar surface area (TPSA) is 90.3 Å². The number of nitrogens with one attached hydrogen (secondary N) is 1. The molecule has 90 valence electrons. The second-order valence-electron chi connectivity index (χ2n) is 3.51. The lowest BCUT2D eigenvalue weighted by atomic mass is 10.1. The third kappa shape index (κ3) is 1.80. The highest BCUT2D eigenvalue weighted by Gasteiger charge is 2.33. The van der Waals surface area contributed by atoms with Crippen molar-refractivity contribution in [2.45, 2.75) is 6.42 Å². The SMILES string of the molecule is N#Cc1c(F)cccc1N1C(=O)CC(=O)NC1=O. The predicted octanol–water partition coefficient (Wildman–Crippen LogP) is 0.670. The summed E-state index contributed by atoms with van der Waals surface area (Å²) >= 11 is 0. The maximum atomic E-state index is 13.4. The first-order valence-electron chi connectivity index (χ1n) is 4.90. The Labute approximate surface area is 101 Å².